The summed E-state index contributed by atoms with van der Waals surface area (Å²) in [6.45, 7) is 3.53. The van der Waals surface area contributed by atoms with E-state index in [2.05, 4.69) is 9.47 Å². The van der Waals surface area contributed by atoms with Crippen molar-refractivity contribution >= 4 is 17.7 Å². The Morgan fingerprint density at radius 2 is 1.33 bits per heavy atom. The third-order valence-corrected chi connectivity index (χ3v) is 3.77. The zero-order chi connectivity index (χ0) is 14.0. The highest BCUT2D eigenvalue weighted by Crippen LogP contribution is 2.30. The zero-order valence-electron chi connectivity index (χ0n) is 11.3. The molecule has 18 heavy (non-hydrogen) atoms. The number of ketones is 1. The molecular weight excluding hydrogens is 238 g/mol. The number of Topliss-reactive ketones (excluding diaryl/α,β-unsaturated/α-hetero) is 1. The number of methoxy groups -OCH3 is 2. The number of ether oxygens (including phenoxy) is 2. The van der Waals surface area contributed by atoms with Gasteiger partial charge in [0.1, 0.15) is 11.8 Å². The van der Waals surface area contributed by atoms with Crippen LogP contribution in [0.3, 0.4) is 0 Å². The van der Waals surface area contributed by atoms with Crippen molar-refractivity contribution in [1.29, 1.82) is 0 Å². The summed E-state index contributed by atoms with van der Waals surface area (Å²) in [5.41, 5.74) is 0. The number of esters is 2. The summed E-state index contributed by atoms with van der Waals surface area (Å²) in [6, 6.07) is -0.610. The van der Waals surface area contributed by atoms with Crippen molar-refractivity contribution in [3.63, 3.8) is 0 Å². The monoisotopic (exact) mass is 257 g/mol. The van der Waals surface area contributed by atoms with Gasteiger partial charge in [-0.05, 0) is 20.9 Å². The lowest BCUT2D eigenvalue weighted by atomic mass is 9.78. The van der Waals surface area contributed by atoms with Gasteiger partial charge < -0.3 is 9.47 Å². The molecule has 0 spiro atoms. The first-order valence-corrected chi connectivity index (χ1v) is 5.78. The van der Waals surface area contributed by atoms with Crippen LogP contribution in [-0.2, 0) is 23.9 Å². The van der Waals surface area contributed by atoms with Crippen LogP contribution >= 0.6 is 0 Å². The van der Waals surface area contributed by atoms with Crippen molar-refractivity contribution < 1.29 is 23.9 Å². The van der Waals surface area contributed by atoms with Gasteiger partial charge in [0.15, 0.2) is 5.78 Å². The molecule has 0 aromatic rings. The van der Waals surface area contributed by atoms with Gasteiger partial charge in [0, 0.05) is 12.1 Å². The number of piperidine rings is 1. The van der Waals surface area contributed by atoms with E-state index in [0.29, 0.717) is 0 Å². The SMILES string of the molecule is COC(=O)[C@@H]1C(=O)[C@H](C(=O)OC)[C@H](C)N(C)[C@H]1C. The Morgan fingerprint density at radius 3 is 1.61 bits per heavy atom. The van der Waals surface area contributed by atoms with E-state index < -0.39 is 29.6 Å². The molecule has 0 aromatic carbocycles. The molecule has 1 aliphatic heterocycles. The molecule has 4 atom stereocenters. The maximum atomic E-state index is 12.3. The molecule has 0 bridgehead atoms. The third-order valence-electron chi connectivity index (χ3n) is 3.77. The van der Waals surface area contributed by atoms with Crippen molar-refractivity contribution in [2.75, 3.05) is 21.3 Å². The summed E-state index contributed by atoms with van der Waals surface area (Å²) in [4.78, 5) is 37.4. The Balaban J connectivity index is 3.12. The van der Waals surface area contributed by atoms with Crippen molar-refractivity contribution in [1.82, 2.24) is 4.90 Å². The lowest BCUT2D eigenvalue weighted by molar-refractivity contribution is -0.165. The fraction of sp³-hybridized carbons (Fsp3) is 0.750. The van der Waals surface area contributed by atoms with Gasteiger partial charge in [-0.1, -0.05) is 0 Å². The van der Waals surface area contributed by atoms with E-state index in [1.54, 1.807) is 20.9 Å². The Labute approximate surface area is 106 Å². The topological polar surface area (TPSA) is 72.9 Å². The fourth-order valence-electron chi connectivity index (χ4n) is 2.39. The van der Waals surface area contributed by atoms with Crippen LogP contribution in [0, 0.1) is 11.8 Å². The Kier molecular flexibility index (Phi) is 4.45. The first kappa shape index (κ1) is 14.6. The van der Waals surface area contributed by atoms with Crippen LogP contribution in [0.4, 0.5) is 0 Å². The summed E-state index contributed by atoms with van der Waals surface area (Å²) < 4.78 is 9.27. The highest BCUT2D eigenvalue weighted by molar-refractivity contribution is 6.10. The van der Waals surface area contributed by atoms with Crippen LogP contribution in [0.2, 0.25) is 0 Å². The van der Waals surface area contributed by atoms with Crippen molar-refractivity contribution in [2.24, 2.45) is 11.8 Å². The summed E-state index contributed by atoms with van der Waals surface area (Å²) in [5.74, 6) is -3.53. The lowest BCUT2D eigenvalue weighted by Crippen LogP contribution is -2.60. The number of hydrogen-bond donors (Lipinski definition) is 0. The van der Waals surface area contributed by atoms with Gasteiger partial charge in [-0.3, -0.25) is 19.3 Å². The van der Waals surface area contributed by atoms with Crippen LogP contribution < -0.4 is 0 Å². The fourth-order valence-corrected chi connectivity index (χ4v) is 2.39. The number of rotatable bonds is 2. The van der Waals surface area contributed by atoms with Crippen LogP contribution in [0.5, 0.6) is 0 Å². The normalized spacial score (nSPS) is 33.1. The van der Waals surface area contributed by atoms with E-state index >= 15 is 0 Å². The molecular formula is C12H19NO5. The largest absolute Gasteiger partial charge is 0.468 e. The molecule has 0 N–H and O–H groups in total. The van der Waals surface area contributed by atoms with Gasteiger partial charge in [-0.15, -0.1) is 0 Å². The lowest BCUT2D eigenvalue weighted by Gasteiger charge is -2.42. The predicted octanol–water partition coefficient (Wildman–Crippen LogP) is -0.144. The van der Waals surface area contributed by atoms with Gasteiger partial charge in [0.05, 0.1) is 14.2 Å². The second-order valence-corrected chi connectivity index (χ2v) is 4.55. The van der Waals surface area contributed by atoms with E-state index in [0.717, 1.165) is 0 Å². The number of likely N-dealkylation sites (tertiary alicyclic amines) is 1. The number of nitrogens with zero attached hydrogens (tertiary/aromatic N) is 1. The third kappa shape index (κ3) is 2.25. The first-order chi connectivity index (χ1) is 8.36. The van der Waals surface area contributed by atoms with E-state index in [1.165, 1.54) is 14.2 Å². The number of carbonyl (C=O) groups excluding carboxylic acids is 3. The molecule has 0 aromatic heterocycles. The molecule has 1 rings (SSSR count). The molecule has 0 saturated carbocycles. The van der Waals surface area contributed by atoms with Gasteiger partial charge in [0.25, 0.3) is 0 Å². The van der Waals surface area contributed by atoms with Gasteiger partial charge in [-0.2, -0.15) is 0 Å². The van der Waals surface area contributed by atoms with Crippen LogP contribution in [-0.4, -0.2) is 56.0 Å². The summed E-state index contributed by atoms with van der Waals surface area (Å²) in [5, 5.41) is 0. The van der Waals surface area contributed by atoms with Gasteiger partial charge >= 0.3 is 11.9 Å². The minimum Gasteiger partial charge on any atom is -0.468 e. The summed E-state index contributed by atoms with van der Waals surface area (Å²) in [7, 11) is 4.23. The maximum absolute atomic E-state index is 12.3. The Bertz CT molecular complexity index is 335. The molecule has 102 valence electrons. The quantitative estimate of drug-likeness (QED) is 0.506. The standard InChI is InChI=1S/C12H19NO5/c1-6-8(11(15)17-4)10(14)9(12(16)18-5)7(2)13(6)3/h6-9H,1-5H3/t6-,7-,8-,9+/m0/s1. The van der Waals surface area contributed by atoms with E-state index in [4.69, 9.17) is 0 Å². The number of carbonyl (C=O) groups is 3. The average Bonchev–Trinajstić information content (AvgIpc) is 2.35. The molecule has 1 heterocycles. The highest BCUT2D eigenvalue weighted by Gasteiger charge is 2.50. The zero-order valence-corrected chi connectivity index (χ0v) is 11.3. The summed E-state index contributed by atoms with van der Waals surface area (Å²) in [6.07, 6.45) is 0. The average molecular weight is 257 g/mol. The minimum atomic E-state index is -0.944. The first-order valence-electron chi connectivity index (χ1n) is 5.78. The van der Waals surface area contributed by atoms with Crippen molar-refractivity contribution in [3.05, 3.63) is 0 Å². The highest BCUT2D eigenvalue weighted by atomic mass is 16.5. The Hall–Kier alpha value is -1.43. The predicted molar refractivity (Wildman–Crippen MR) is 62.7 cm³/mol. The van der Waals surface area contributed by atoms with E-state index in [-0.39, 0.29) is 12.1 Å². The Morgan fingerprint density at radius 1 is 1.00 bits per heavy atom. The van der Waals surface area contributed by atoms with Crippen LogP contribution in [0.15, 0.2) is 0 Å². The molecule has 1 fully saturated rings. The second kappa shape index (κ2) is 5.48. The summed E-state index contributed by atoms with van der Waals surface area (Å²) >= 11 is 0. The molecule has 6 nitrogen and oxygen atoms in total. The van der Waals surface area contributed by atoms with Gasteiger partial charge in [-0.25, -0.2) is 0 Å². The van der Waals surface area contributed by atoms with Gasteiger partial charge in [0.2, 0.25) is 0 Å². The smallest absolute Gasteiger partial charge is 0.317 e. The van der Waals surface area contributed by atoms with Crippen LogP contribution in [0.1, 0.15) is 13.8 Å². The van der Waals surface area contributed by atoms with Crippen molar-refractivity contribution in [3.8, 4) is 0 Å². The van der Waals surface area contributed by atoms with Crippen molar-refractivity contribution in [2.45, 2.75) is 25.9 Å². The molecule has 0 unspecified atom stereocenters. The maximum Gasteiger partial charge on any atom is 0.317 e. The molecule has 6 heteroatoms. The van der Waals surface area contributed by atoms with E-state index in [9.17, 15) is 14.4 Å². The minimum absolute atomic E-state index is 0.305. The second-order valence-electron chi connectivity index (χ2n) is 4.55. The molecule has 0 radical (unpaired) electrons. The molecule has 1 aliphatic rings. The molecule has 0 aliphatic carbocycles. The molecule has 0 amide bonds. The number of hydrogen-bond acceptors (Lipinski definition) is 6. The van der Waals surface area contributed by atoms with Crippen LogP contribution in [0.25, 0.3) is 0 Å². The molecule has 1 saturated heterocycles. The van der Waals surface area contributed by atoms with E-state index in [1.807, 2.05) is 4.90 Å².